The molecule has 1 N–H and O–H groups in total. The number of nitrogens with one attached hydrogen (secondary N) is 1. The topological polar surface area (TPSA) is 29.1 Å². The fourth-order valence-corrected chi connectivity index (χ4v) is 3.10. The Hall–Kier alpha value is -0.330. The molecule has 0 aromatic rings. The zero-order valence-electron chi connectivity index (χ0n) is 9.45. The number of hydrogen-bond acceptors (Lipinski definition) is 2. The smallest absolute Gasteiger partial charge is 0.107 e. The molecule has 1 aliphatic carbocycles. The first-order chi connectivity index (χ1) is 6.41. The standard InChI is InChI=1S/C11H20NOP/c1-9(2)12-10-7-5-6-8-11(10)14(3,4)13/h5-6,8-10,12H,7H2,1-4H3. The van der Waals surface area contributed by atoms with E-state index in [-0.39, 0.29) is 6.04 Å². The third-order valence-corrected chi connectivity index (χ3v) is 3.99. The van der Waals surface area contributed by atoms with Crippen LogP contribution in [0.2, 0.25) is 0 Å². The molecular formula is C11H20NOP. The van der Waals surface area contributed by atoms with Crippen LogP contribution in [-0.4, -0.2) is 25.4 Å². The average molecular weight is 213 g/mol. The van der Waals surface area contributed by atoms with E-state index in [2.05, 4.69) is 25.2 Å². The van der Waals surface area contributed by atoms with E-state index in [0.29, 0.717) is 6.04 Å². The van der Waals surface area contributed by atoms with Gasteiger partial charge in [-0.2, -0.15) is 0 Å². The van der Waals surface area contributed by atoms with Gasteiger partial charge in [0.05, 0.1) is 0 Å². The van der Waals surface area contributed by atoms with Gasteiger partial charge in [0.25, 0.3) is 0 Å². The van der Waals surface area contributed by atoms with Crippen molar-refractivity contribution in [1.29, 1.82) is 0 Å². The quantitative estimate of drug-likeness (QED) is 0.730. The highest BCUT2D eigenvalue weighted by molar-refractivity contribution is 7.66. The molecule has 0 spiro atoms. The van der Waals surface area contributed by atoms with E-state index in [1.165, 1.54) is 0 Å². The van der Waals surface area contributed by atoms with Crippen LogP contribution in [0.3, 0.4) is 0 Å². The van der Waals surface area contributed by atoms with Crippen molar-refractivity contribution in [2.75, 3.05) is 13.3 Å². The van der Waals surface area contributed by atoms with Crippen LogP contribution in [0.4, 0.5) is 0 Å². The van der Waals surface area contributed by atoms with E-state index in [0.717, 1.165) is 11.7 Å². The Morgan fingerprint density at radius 2 is 2.14 bits per heavy atom. The van der Waals surface area contributed by atoms with Crippen LogP contribution >= 0.6 is 7.14 Å². The Bertz CT molecular complexity index is 298. The van der Waals surface area contributed by atoms with Gasteiger partial charge in [-0.05, 0) is 19.8 Å². The molecule has 0 amide bonds. The summed E-state index contributed by atoms with van der Waals surface area (Å²) in [4.78, 5) is 0. The summed E-state index contributed by atoms with van der Waals surface area (Å²) in [7, 11) is -2.11. The molecule has 1 aliphatic rings. The molecule has 0 fully saturated rings. The Labute approximate surface area is 86.8 Å². The van der Waals surface area contributed by atoms with Crippen molar-refractivity contribution in [3.8, 4) is 0 Å². The van der Waals surface area contributed by atoms with E-state index in [1.807, 2.05) is 25.5 Å². The molecule has 0 bridgehead atoms. The highest BCUT2D eigenvalue weighted by Gasteiger charge is 2.24. The van der Waals surface area contributed by atoms with Crippen molar-refractivity contribution in [2.24, 2.45) is 0 Å². The van der Waals surface area contributed by atoms with Gasteiger partial charge in [-0.1, -0.05) is 32.1 Å². The van der Waals surface area contributed by atoms with E-state index in [4.69, 9.17) is 0 Å². The van der Waals surface area contributed by atoms with Crippen LogP contribution in [0.5, 0.6) is 0 Å². The summed E-state index contributed by atoms with van der Waals surface area (Å²) < 4.78 is 12.0. The molecule has 0 heterocycles. The predicted octanol–water partition coefficient (Wildman–Crippen LogP) is 2.82. The lowest BCUT2D eigenvalue weighted by Crippen LogP contribution is -2.36. The van der Waals surface area contributed by atoms with Crippen molar-refractivity contribution in [2.45, 2.75) is 32.4 Å². The molecular weight excluding hydrogens is 193 g/mol. The highest BCUT2D eigenvalue weighted by Crippen LogP contribution is 2.49. The van der Waals surface area contributed by atoms with Gasteiger partial charge in [-0.3, -0.25) is 0 Å². The minimum Gasteiger partial charge on any atom is -0.319 e. The molecule has 1 rings (SSSR count). The molecule has 0 aliphatic heterocycles. The fourth-order valence-electron chi connectivity index (χ4n) is 1.73. The van der Waals surface area contributed by atoms with Crippen molar-refractivity contribution in [3.05, 3.63) is 23.5 Å². The summed E-state index contributed by atoms with van der Waals surface area (Å²) in [6.07, 6.45) is 7.09. The minimum absolute atomic E-state index is 0.265. The first-order valence-corrected chi connectivity index (χ1v) is 7.69. The molecule has 0 saturated heterocycles. The molecule has 0 aromatic heterocycles. The van der Waals surface area contributed by atoms with Crippen molar-refractivity contribution >= 4 is 7.14 Å². The second-order valence-electron chi connectivity index (χ2n) is 4.48. The van der Waals surface area contributed by atoms with Crippen LogP contribution in [0.15, 0.2) is 23.5 Å². The molecule has 0 aromatic carbocycles. The van der Waals surface area contributed by atoms with Crippen LogP contribution in [0.25, 0.3) is 0 Å². The third-order valence-electron chi connectivity index (χ3n) is 2.29. The van der Waals surface area contributed by atoms with Crippen LogP contribution in [-0.2, 0) is 4.57 Å². The van der Waals surface area contributed by atoms with Gasteiger partial charge < -0.3 is 9.88 Å². The summed E-state index contributed by atoms with van der Waals surface area (Å²) in [5.41, 5.74) is 0. The molecule has 0 radical (unpaired) electrons. The average Bonchev–Trinajstić information content (AvgIpc) is 2.01. The Kier molecular flexibility index (Phi) is 3.74. The SMILES string of the molecule is CC(C)NC1CC=CC=C1P(C)(C)=O. The summed E-state index contributed by atoms with van der Waals surface area (Å²) in [5.74, 6) is 0. The zero-order chi connectivity index (χ0) is 10.8. The van der Waals surface area contributed by atoms with Gasteiger partial charge in [0.2, 0.25) is 0 Å². The summed E-state index contributed by atoms with van der Waals surface area (Å²) in [5, 5.41) is 4.52. The molecule has 1 unspecified atom stereocenters. The monoisotopic (exact) mass is 213 g/mol. The van der Waals surface area contributed by atoms with E-state index < -0.39 is 7.14 Å². The Morgan fingerprint density at radius 1 is 1.50 bits per heavy atom. The maximum atomic E-state index is 12.0. The minimum atomic E-state index is -2.11. The second-order valence-corrected chi connectivity index (χ2v) is 7.70. The van der Waals surface area contributed by atoms with Gasteiger partial charge in [0, 0.05) is 17.4 Å². The van der Waals surface area contributed by atoms with E-state index >= 15 is 0 Å². The first-order valence-electron chi connectivity index (χ1n) is 5.09. The summed E-state index contributed by atoms with van der Waals surface area (Å²) in [6.45, 7) is 7.92. The molecule has 2 nitrogen and oxygen atoms in total. The molecule has 14 heavy (non-hydrogen) atoms. The largest absolute Gasteiger partial charge is 0.319 e. The van der Waals surface area contributed by atoms with Gasteiger partial charge >= 0.3 is 0 Å². The number of allylic oxidation sites excluding steroid dienone is 2. The van der Waals surface area contributed by atoms with Crippen LogP contribution < -0.4 is 5.32 Å². The maximum Gasteiger partial charge on any atom is 0.107 e. The van der Waals surface area contributed by atoms with Gasteiger partial charge in [0.15, 0.2) is 0 Å². The van der Waals surface area contributed by atoms with Crippen molar-refractivity contribution in [1.82, 2.24) is 5.32 Å². The van der Waals surface area contributed by atoms with Crippen molar-refractivity contribution in [3.63, 3.8) is 0 Å². The molecule has 3 heteroatoms. The van der Waals surface area contributed by atoms with E-state index in [1.54, 1.807) is 0 Å². The number of rotatable bonds is 3. The first kappa shape index (κ1) is 11.7. The normalized spacial score (nSPS) is 22.6. The predicted molar refractivity (Wildman–Crippen MR) is 63.4 cm³/mol. The lowest BCUT2D eigenvalue weighted by atomic mass is 10.1. The maximum absolute atomic E-state index is 12.0. The summed E-state index contributed by atoms with van der Waals surface area (Å²) >= 11 is 0. The Balaban J connectivity index is 2.83. The van der Waals surface area contributed by atoms with E-state index in [9.17, 15) is 4.57 Å². The lowest BCUT2D eigenvalue weighted by molar-refractivity contribution is 0.512. The van der Waals surface area contributed by atoms with Crippen molar-refractivity contribution < 1.29 is 4.57 Å². The molecule has 80 valence electrons. The number of hydrogen-bond donors (Lipinski definition) is 1. The second kappa shape index (κ2) is 4.46. The van der Waals surface area contributed by atoms with Crippen LogP contribution in [0, 0.1) is 0 Å². The zero-order valence-corrected chi connectivity index (χ0v) is 10.3. The Morgan fingerprint density at radius 3 is 2.64 bits per heavy atom. The van der Waals surface area contributed by atoms with Gasteiger partial charge in [-0.15, -0.1) is 0 Å². The third kappa shape index (κ3) is 3.11. The highest BCUT2D eigenvalue weighted by atomic mass is 31.2. The molecule has 1 atom stereocenters. The lowest BCUT2D eigenvalue weighted by Gasteiger charge is -2.27. The van der Waals surface area contributed by atoms with Crippen LogP contribution in [0.1, 0.15) is 20.3 Å². The summed E-state index contributed by atoms with van der Waals surface area (Å²) in [6, 6.07) is 0.697. The van der Waals surface area contributed by atoms with Gasteiger partial charge in [-0.25, -0.2) is 0 Å². The van der Waals surface area contributed by atoms with Gasteiger partial charge in [0.1, 0.15) is 7.14 Å². The molecule has 0 saturated carbocycles. The fraction of sp³-hybridized carbons (Fsp3) is 0.636.